The fraction of sp³-hybridized carbons (Fsp3) is 0.933. The number of carbonyl (C=O) groups is 1. The average Bonchev–Trinajstić information content (AvgIpc) is 2.25. The normalized spacial score (nSPS) is 14.7. The number of carbonyl (C=O) groups excluding carboxylic acids is 1. The fourth-order valence-electron chi connectivity index (χ4n) is 1.75. The Hall–Kier alpha value is -0.250. The largest absolute Gasteiger partial charge is 0.462 e. The highest BCUT2D eigenvalue weighted by molar-refractivity contribution is 8.00. The molecule has 2 atom stereocenters. The van der Waals surface area contributed by atoms with Crippen LogP contribution >= 0.6 is 11.8 Å². The molecule has 0 aliphatic rings. The van der Waals surface area contributed by atoms with Gasteiger partial charge >= 0.3 is 5.97 Å². The van der Waals surface area contributed by atoms with E-state index in [4.69, 9.17) is 4.74 Å². The predicted octanol–water partition coefficient (Wildman–Crippen LogP) is 4.61. The van der Waals surface area contributed by atoms with Crippen LogP contribution in [-0.4, -0.2) is 29.2 Å². The Morgan fingerprint density at radius 1 is 1.11 bits per heavy atom. The number of thioether (sulfide) groups is 1. The van der Waals surface area contributed by atoms with Gasteiger partial charge < -0.3 is 4.74 Å². The van der Waals surface area contributed by atoms with Crippen molar-refractivity contribution in [3.8, 4) is 0 Å². The summed E-state index contributed by atoms with van der Waals surface area (Å²) in [5.41, 5.74) is 0. The molecule has 0 amide bonds. The van der Waals surface area contributed by atoms with E-state index in [2.05, 4.69) is 0 Å². The zero-order chi connectivity index (χ0) is 14.8. The number of hydrogen-bond acceptors (Lipinski definition) is 3. The third kappa shape index (κ3) is 10.2. The molecule has 0 aliphatic carbocycles. The number of rotatable bonds is 10. The van der Waals surface area contributed by atoms with E-state index < -0.39 is 6.17 Å². The van der Waals surface area contributed by atoms with Gasteiger partial charge in [-0.05, 0) is 45.3 Å². The Labute approximate surface area is 121 Å². The molecule has 0 spiro atoms. The zero-order valence-electron chi connectivity index (χ0n) is 12.9. The molecule has 0 aromatic carbocycles. The van der Waals surface area contributed by atoms with E-state index in [-0.39, 0.29) is 23.2 Å². The molecule has 0 rings (SSSR count). The number of hydrogen-bond donors (Lipinski definition) is 0. The van der Waals surface area contributed by atoms with Gasteiger partial charge in [0.1, 0.15) is 5.25 Å². The molecule has 0 heterocycles. The second kappa shape index (κ2) is 10.5. The van der Waals surface area contributed by atoms with Gasteiger partial charge in [0.2, 0.25) is 0 Å². The van der Waals surface area contributed by atoms with Crippen LogP contribution in [0.3, 0.4) is 0 Å². The molecule has 0 saturated carbocycles. The van der Waals surface area contributed by atoms with E-state index in [1.54, 1.807) is 18.7 Å². The maximum absolute atomic E-state index is 12.6. The average molecular weight is 292 g/mol. The molecular weight excluding hydrogens is 263 g/mol. The van der Waals surface area contributed by atoms with Gasteiger partial charge in [-0.3, -0.25) is 4.79 Å². The third-order valence-corrected chi connectivity index (χ3v) is 4.35. The predicted molar refractivity (Wildman–Crippen MR) is 81.4 cm³/mol. The number of alkyl halides is 1. The monoisotopic (exact) mass is 292 g/mol. The lowest BCUT2D eigenvalue weighted by Crippen LogP contribution is -2.28. The van der Waals surface area contributed by atoms with Crippen LogP contribution < -0.4 is 0 Å². The summed E-state index contributed by atoms with van der Waals surface area (Å²) in [6, 6.07) is 0. The van der Waals surface area contributed by atoms with Crippen molar-refractivity contribution in [2.24, 2.45) is 5.92 Å². The van der Waals surface area contributed by atoms with Gasteiger partial charge in [0, 0.05) is 0 Å². The summed E-state index contributed by atoms with van der Waals surface area (Å²) in [4.78, 5) is 11.9. The summed E-state index contributed by atoms with van der Waals surface area (Å²) in [5.74, 6) is 1.12. The van der Waals surface area contributed by atoms with Crippen molar-refractivity contribution < 1.29 is 13.9 Å². The van der Waals surface area contributed by atoms with Crippen LogP contribution in [0.15, 0.2) is 0 Å². The summed E-state index contributed by atoms with van der Waals surface area (Å²) in [6.45, 7) is 9.44. The molecule has 0 N–H and O–H groups in total. The highest BCUT2D eigenvalue weighted by atomic mass is 32.2. The molecule has 0 aromatic heterocycles. The van der Waals surface area contributed by atoms with E-state index in [9.17, 15) is 9.18 Å². The molecule has 0 aliphatic heterocycles. The highest BCUT2D eigenvalue weighted by Gasteiger charge is 2.24. The summed E-state index contributed by atoms with van der Waals surface area (Å²) in [7, 11) is 0. The van der Waals surface area contributed by atoms with Gasteiger partial charge in [-0.1, -0.05) is 26.7 Å². The summed E-state index contributed by atoms with van der Waals surface area (Å²) >= 11 is 1.67. The van der Waals surface area contributed by atoms with Crippen molar-refractivity contribution in [1.82, 2.24) is 0 Å². The molecular formula is C15H29FO2S. The lowest BCUT2D eigenvalue weighted by atomic mass is 10.1. The Kier molecular flexibility index (Phi) is 10.4. The first-order valence-electron chi connectivity index (χ1n) is 7.30. The van der Waals surface area contributed by atoms with E-state index >= 15 is 0 Å². The van der Waals surface area contributed by atoms with Gasteiger partial charge in [-0.25, -0.2) is 4.39 Å². The first-order valence-corrected chi connectivity index (χ1v) is 8.35. The van der Waals surface area contributed by atoms with E-state index in [0.29, 0.717) is 6.42 Å². The third-order valence-electron chi connectivity index (χ3n) is 2.73. The molecule has 2 nitrogen and oxygen atoms in total. The molecule has 19 heavy (non-hydrogen) atoms. The summed E-state index contributed by atoms with van der Waals surface area (Å²) in [6.07, 6.45) is 2.90. The molecule has 2 unspecified atom stereocenters. The highest BCUT2D eigenvalue weighted by Crippen LogP contribution is 2.23. The van der Waals surface area contributed by atoms with Crippen molar-refractivity contribution in [2.75, 3.05) is 5.75 Å². The number of unbranched alkanes of at least 4 members (excludes halogenated alkanes) is 2. The second-order valence-electron chi connectivity index (χ2n) is 5.65. The fourth-order valence-corrected chi connectivity index (χ4v) is 2.95. The molecule has 114 valence electrons. The topological polar surface area (TPSA) is 26.3 Å². The Balaban J connectivity index is 3.86. The second-order valence-corrected chi connectivity index (χ2v) is 6.90. The van der Waals surface area contributed by atoms with Crippen molar-refractivity contribution in [3.05, 3.63) is 0 Å². The van der Waals surface area contributed by atoms with Crippen LogP contribution in [0.25, 0.3) is 0 Å². The molecule has 0 saturated heterocycles. The van der Waals surface area contributed by atoms with E-state index in [1.165, 1.54) is 0 Å². The molecule has 0 fully saturated rings. The van der Waals surface area contributed by atoms with Crippen LogP contribution in [0, 0.1) is 5.92 Å². The lowest BCUT2D eigenvalue weighted by Gasteiger charge is -2.20. The van der Waals surface area contributed by atoms with Crippen molar-refractivity contribution in [2.45, 2.75) is 77.8 Å². The minimum atomic E-state index is -0.697. The van der Waals surface area contributed by atoms with Gasteiger partial charge in [-0.15, -0.1) is 11.8 Å². The Bertz CT molecular complexity index is 242. The van der Waals surface area contributed by atoms with Crippen molar-refractivity contribution in [3.63, 3.8) is 0 Å². The number of ether oxygens (including phenoxy) is 1. The molecule has 0 bridgehead atoms. The maximum atomic E-state index is 12.6. The summed E-state index contributed by atoms with van der Waals surface area (Å²) in [5, 5.41) is -0.0810. The molecule has 0 aromatic rings. The first kappa shape index (κ1) is 18.8. The minimum Gasteiger partial charge on any atom is -0.462 e. The maximum Gasteiger partial charge on any atom is 0.319 e. The smallest absolute Gasteiger partial charge is 0.319 e. The number of esters is 1. The van der Waals surface area contributed by atoms with Gasteiger partial charge in [0.25, 0.3) is 0 Å². The van der Waals surface area contributed by atoms with Crippen molar-refractivity contribution in [1.29, 1.82) is 0 Å². The van der Waals surface area contributed by atoms with Crippen LogP contribution in [0.2, 0.25) is 0 Å². The van der Waals surface area contributed by atoms with Crippen LogP contribution in [0.1, 0.15) is 60.3 Å². The Morgan fingerprint density at radius 2 is 1.74 bits per heavy atom. The quantitative estimate of drug-likeness (QED) is 0.434. The van der Waals surface area contributed by atoms with Gasteiger partial charge in [0.15, 0.2) is 0 Å². The molecule has 0 radical (unpaired) electrons. The zero-order valence-corrected chi connectivity index (χ0v) is 13.8. The van der Waals surface area contributed by atoms with Crippen LogP contribution in [0.5, 0.6) is 0 Å². The van der Waals surface area contributed by atoms with E-state index in [0.717, 1.165) is 25.0 Å². The SMILES string of the molecule is CC(F)CCCCCSC(C(=O)OC(C)C)C(C)C. The van der Waals surface area contributed by atoms with E-state index in [1.807, 2.05) is 27.7 Å². The standard InChI is InChI=1S/C15H29FO2S/c1-11(2)14(15(17)18-12(3)4)19-10-8-6-7-9-13(5)16/h11-14H,6-10H2,1-5H3. The van der Waals surface area contributed by atoms with Crippen LogP contribution in [-0.2, 0) is 9.53 Å². The molecule has 4 heteroatoms. The summed E-state index contributed by atoms with van der Waals surface area (Å²) < 4.78 is 17.9. The lowest BCUT2D eigenvalue weighted by molar-refractivity contribution is -0.147. The first-order chi connectivity index (χ1) is 8.84. The van der Waals surface area contributed by atoms with Crippen molar-refractivity contribution >= 4 is 17.7 Å². The number of halogens is 1. The minimum absolute atomic E-state index is 0.0552. The Morgan fingerprint density at radius 3 is 2.21 bits per heavy atom. The van der Waals surface area contributed by atoms with Gasteiger partial charge in [0.05, 0.1) is 12.3 Å². The van der Waals surface area contributed by atoms with Crippen LogP contribution in [0.4, 0.5) is 4.39 Å². The van der Waals surface area contributed by atoms with Gasteiger partial charge in [-0.2, -0.15) is 0 Å².